The second-order valence-corrected chi connectivity index (χ2v) is 6.42. The van der Waals surface area contributed by atoms with Crippen LogP contribution in [-0.2, 0) is 0 Å². The van der Waals surface area contributed by atoms with E-state index in [1.54, 1.807) is 0 Å². The van der Waals surface area contributed by atoms with Crippen molar-refractivity contribution in [3.8, 4) is 11.5 Å². The van der Waals surface area contributed by atoms with Crippen molar-refractivity contribution in [3.05, 3.63) is 35.7 Å². The molecule has 2 heterocycles. The summed E-state index contributed by atoms with van der Waals surface area (Å²) in [4.78, 5) is 18.9. The minimum absolute atomic E-state index is 0.0779. The molecular weight excluding hydrogens is 292 g/mol. The van der Waals surface area contributed by atoms with Crippen LogP contribution in [0.1, 0.15) is 41.9 Å². The minimum atomic E-state index is 0.0779. The van der Waals surface area contributed by atoms with E-state index in [4.69, 9.17) is 4.52 Å². The molecular formula is C17H20N4O2. The molecule has 2 aromatic rings. The fraction of sp³-hybridized carbons (Fsp3) is 0.471. The Morgan fingerprint density at radius 2 is 2.09 bits per heavy atom. The zero-order chi connectivity index (χ0) is 15.8. The Balaban J connectivity index is 1.49. The van der Waals surface area contributed by atoms with Gasteiger partial charge in [0, 0.05) is 42.7 Å². The van der Waals surface area contributed by atoms with Crippen molar-refractivity contribution in [1.29, 1.82) is 0 Å². The van der Waals surface area contributed by atoms with Crippen molar-refractivity contribution >= 4 is 5.91 Å². The highest BCUT2D eigenvalue weighted by atomic mass is 16.5. The second kappa shape index (κ2) is 5.77. The predicted octanol–water partition coefficient (Wildman–Crippen LogP) is 2.05. The lowest BCUT2D eigenvalue weighted by molar-refractivity contribution is 0.0709. The summed E-state index contributed by atoms with van der Waals surface area (Å²) < 4.78 is 5.32. The van der Waals surface area contributed by atoms with Gasteiger partial charge in [0.25, 0.3) is 11.8 Å². The third-order valence-corrected chi connectivity index (χ3v) is 4.42. The fourth-order valence-corrected chi connectivity index (χ4v) is 2.91. The predicted molar refractivity (Wildman–Crippen MR) is 85.1 cm³/mol. The summed E-state index contributed by atoms with van der Waals surface area (Å²) in [6, 6.07) is 7.77. The number of carbonyl (C=O) groups excluding carboxylic acids is 1. The van der Waals surface area contributed by atoms with E-state index in [9.17, 15) is 4.79 Å². The van der Waals surface area contributed by atoms with E-state index < -0.39 is 0 Å². The van der Waals surface area contributed by atoms with E-state index in [-0.39, 0.29) is 5.91 Å². The van der Waals surface area contributed by atoms with Crippen molar-refractivity contribution in [2.45, 2.75) is 31.7 Å². The SMILES string of the molecule is C[C@@H]1CN(C(=O)c2ccc(-c3nc(C4CC4)no3)cc2)CCN1. The molecule has 1 amide bonds. The number of nitrogens with zero attached hydrogens (tertiary/aromatic N) is 3. The minimum Gasteiger partial charge on any atom is -0.336 e. The van der Waals surface area contributed by atoms with Gasteiger partial charge in [-0.05, 0) is 44.0 Å². The van der Waals surface area contributed by atoms with E-state index in [1.807, 2.05) is 29.2 Å². The van der Waals surface area contributed by atoms with Gasteiger partial charge in [0.15, 0.2) is 5.82 Å². The Morgan fingerprint density at radius 3 is 2.78 bits per heavy atom. The largest absolute Gasteiger partial charge is 0.336 e. The Hall–Kier alpha value is -2.21. The molecule has 1 atom stereocenters. The van der Waals surface area contributed by atoms with E-state index in [1.165, 1.54) is 0 Å². The summed E-state index contributed by atoms with van der Waals surface area (Å²) in [6.07, 6.45) is 2.30. The molecule has 1 saturated heterocycles. The zero-order valence-corrected chi connectivity index (χ0v) is 13.2. The molecule has 1 aromatic carbocycles. The maximum absolute atomic E-state index is 12.5. The molecule has 0 radical (unpaired) electrons. The lowest BCUT2D eigenvalue weighted by Gasteiger charge is -2.32. The first-order valence-corrected chi connectivity index (χ1v) is 8.17. The molecule has 1 aliphatic heterocycles. The lowest BCUT2D eigenvalue weighted by atomic mass is 10.1. The highest BCUT2D eigenvalue weighted by Crippen LogP contribution is 2.38. The van der Waals surface area contributed by atoms with Gasteiger partial charge in [0.05, 0.1) is 0 Å². The number of nitrogens with one attached hydrogen (secondary N) is 1. The van der Waals surface area contributed by atoms with Crippen LogP contribution in [0.15, 0.2) is 28.8 Å². The van der Waals surface area contributed by atoms with E-state index in [0.717, 1.165) is 43.9 Å². The van der Waals surface area contributed by atoms with Crippen LogP contribution in [0, 0.1) is 0 Å². The summed E-state index contributed by atoms with van der Waals surface area (Å²) in [6.45, 7) is 4.43. The number of amides is 1. The van der Waals surface area contributed by atoms with Gasteiger partial charge in [-0.1, -0.05) is 5.16 Å². The molecule has 4 rings (SSSR count). The zero-order valence-electron chi connectivity index (χ0n) is 13.2. The van der Waals surface area contributed by atoms with Gasteiger partial charge >= 0.3 is 0 Å². The van der Waals surface area contributed by atoms with Gasteiger partial charge in [-0.15, -0.1) is 0 Å². The molecule has 120 valence electrons. The van der Waals surface area contributed by atoms with Crippen LogP contribution in [0.3, 0.4) is 0 Å². The van der Waals surface area contributed by atoms with Gasteiger partial charge in [0.2, 0.25) is 0 Å². The number of piperazine rings is 1. The number of hydrogen-bond acceptors (Lipinski definition) is 5. The van der Waals surface area contributed by atoms with Crippen molar-refractivity contribution in [3.63, 3.8) is 0 Å². The topological polar surface area (TPSA) is 71.3 Å². The molecule has 0 bridgehead atoms. The van der Waals surface area contributed by atoms with Crippen molar-refractivity contribution < 1.29 is 9.32 Å². The average molecular weight is 312 g/mol. The summed E-state index contributed by atoms with van der Waals surface area (Å²) in [5.74, 6) is 1.88. The first-order valence-electron chi connectivity index (χ1n) is 8.17. The van der Waals surface area contributed by atoms with Gasteiger partial charge < -0.3 is 14.7 Å². The number of hydrogen-bond donors (Lipinski definition) is 1. The van der Waals surface area contributed by atoms with Gasteiger partial charge in [0.1, 0.15) is 0 Å². The number of rotatable bonds is 3. The van der Waals surface area contributed by atoms with Gasteiger partial charge in [-0.25, -0.2) is 0 Å². The number of benzene rings is 1. The summed E-state index contributed by atoms with van der Waals surface area (Å²) >= 11 is 0. The van der Waals surface area contributed by atoms with E-state index in [0.29, 0.717) is 23.4 Å². The Labute approximate surface area is 134 Å². The second-order valence-electron chi connectivity index (χ2n) is 6.42. The molecule has 0 spiro atoms. The third-order valence-electron chi connectivity index (χ3n) is 4.42. The molecule has 1 aromatic heterocycles. The van der Waals surface area contributed by atoms with Crippen LogP contribution in [-0.4, -0.2) is 46.6 Å². The van der Waals surface area contributed by atoms with Crippen molar-refractivity contribution in [2.24, 2.45) is 0 Å². The first kappa shape index (κ1) is 14.4. The quantitative estimate of drug-likeness (QED) is 0.939. The number of aromatic nitrogens is 2. The summed E-state index contributed by atoms with van der Waals surface area (Å²) in [5, 5.41) is 7.37. The summed E-state index contributed by atoms with van der Waals surface area (Å²) in [7, 11) is 0. The lowest BCUT2D eigenvalue weighted by Crippen LogP contribution is -2.51. The molecule has 23 heavy (non-hydrogen) atoms. The van der Waals surface area contributed by atoms with Crippen LogP contribution in [0.4, 0.5) is 0 Å². The monoisotopic (exact) mass is 312 g/mol. The molecule has 6 nitrogen and oxygen atoms in total. The standard InChI is InChI=1S/C17H20N4O2/c1-11-10-21(9-8-18-11)17(22)14-6-4-13(5-7-14)16-19-15(20-23-16)12-2-3-12/h4-7,11-12,18H,2-3,8-10H2,1H3/t11-/m1/s1. The molecule has 2 fully saturated rings. The van der Waals surface area contributed by atoms with E-state index in [2.05, 4.69) is 22.4 Å². The van der Waals surface area contributed by atoms with E-state index >= 15 is 0 Å². The normalized spacial score (nSPS) is 21.4. The van der Waals surface area contributed by atoms with Crippen LogP contribution in [0.2, 0.25) is 0 Å². The Kier molecular flexibility index (Phi) is 3.61. The summed E-state index contributed by atoms with van der Waals surface area (Å²) in [5.41, 5.74) is 1.56. The molecule has 6 heteroatoms. The Morgan fingerprint density at radius 1 is 1.30 bits per heavy atom. The van der Waals surface area contributed by atoms with Gasteiger partial charge in [-0.2, -0.15) is 4.98 Å². The highest BCUT2D eigenvalue weighted by Gasteiger charge is 2.29. The molecule has 1 N–H and O–H groups in total. The first-order chi connectivity index (χ1) is 11.2. The number of carbonyl (C=O) groups is 1. The average Bonchev–Trinajstić information content (AvgIpc) is 3.32. The maximum atomic E-state index is 12.5. The van der Waals surface area contributed by atoms with Crippen molar-refractivity contribution in [2.75, 3.05) is 19.6 Å². The van der Waals surface area contributed by atoms with Crippen LogP contribution >= 0.6 is 0 Å². The fourth-order valence-electron chi connectivity index (χ4n) is 2.91. The molecule has 2 aliphatic rings. The third kappa shape index (κ3) is 2.99. The molecule has 1 aliphatic carbocycles. The molecule has 1 saturated carbocycles. The van der Waals surface area contributed by atoms with Gasteiger partial charge in [-0.3, -0.25) is 4.79 Å². The van der Waals surface area contributed by atoms with Crippen LogP contribution in [0.5, 0.6) is 0 Å². The van der Waals surface area contributed by atoms with Crippen LogP contribution in [0.25, 0.3) is 11.5 Å². The maximum Gasteiger partial charge on any atom is 0.257 e. The smallest absolute Gasteiger partial charge is 0.257 e. The molecule has 0 unspecified atom stereocenters. The Bertz CT molecular complexity index is 706. The van der Waals surface area contributed by atoms with Crippen molar-refractivity contribution in [1.82, 2.24) is 20.4 Å². The highest BCUT2D eigenvalue weighted by molar-refractivity contribution is 5.94. The van der Waals surface area contributed by atoms with Crippen LogP contribution < -0.4 is 5.32 Å².